The fraction of sp³-hybridized carbons (Fsp3) is 0.0667. The van der Waals surface area contributed by atoms with Gasteiger partial charge in [0.1, 0.15) is 22.6 Å². The minimum atomic E-state index is -0.688. The van der Waals surface area contributed by atoms with E-state index in [4.69, 9.17) is 0 Å². The van der Waals surface area contributed by atoms with Gasteiger partial charge in [-0.3, -0.25) is 9.59 Å². The van der Waals surface area contributed by atoms with Gasteiger partial charge in [-0.15, -0.1) is 0 Å². The highest BCUT2D eigenvalue weighted by molar-refractivity contribution is 6.06. The molecule has 0 aliphatic heterocycles. The van der Waals surface area contributed by atoms with E-state index in [2.05, 4.69) is 20.1 Å². The highest BCUT2D eigenvalue weighted by Crippen LogP contribution is 2.26. The molecule has 0 aliphatic carbocycles. The van der Waals surface area contributed by atoms with Crippen LogP contribution in [0.15, 0.2) is 84.9 Å². The van der Waals surface area contributed by atoms with Gasteiger partial charge in [0.05, 0.1) is 14.2 Å². The molecular weight excluding hydrogens is 516 g/mol. The number of carbonyl (C=O) groups excluding carboxylic acids is 4. The molecule has 0 radical (unpaired) electrons. The standard InChI is InChI=1S/C30H24N2O8/c1-39-29(37)23-13-11-21(15-25(23)33)31-27(35)19-7-3-17(4-8-19)18-5-9-20(10-6-18)28(36)32-22-12-14-24(26(34)16-22)30(38)40-2/h3-16,33-34H,1-2H3,(H,31,35)(H,32,36). The zero-order chi connectivity index (χ0) is 28.8. The first-order chi connectivity index (χ1) is 19.2. The predicted molar refractivity (Wildman–Crippen MR) is 147 cm³/mol. The third kappa shape index (κ3) is 6.08. The lowest BCUT2D eigenvalue weighted by Crippen LogP contribution is -2.12. The monoisotopic (exact) mass is 540 g/mol. The fourth-order valence-corrected chi connectivity index (χ4v) is 3.82. The Morgan fingerprint density at radius 2 is 0.900 bits per heavy atom. The van der Waals surface area contributed by atoms with Crippen LogP contribution in [0.25, 0.3) is 11.1 Å². The number of methoxy groups -OCH3 is 2. The van der Waals surface area contributed by atoms with Crippen molar-refractivity contribution in [2.75, 3.05) is 24.9 Å². The number of rotatable bonds is 7. The Morgan fingerprint density at radius 1 is 0.550 bits per heavy atom. The Morgan fingerprint density at radius 3 is 1.20 bits per heavy atom. The number of aromatic hydroxyl groups is 2. The zero-order valence-corrected chi connectivity index (χ0v) is 21.4. The number of esters is 2. The smallest absolute Gasteiger partial charge is 0.341 e. The summed E-state index contributed by atoms with van der Waals surface area (Å²) < 4.78 is 9.17. The van der Waals surface area contributed by atoms with Crippen molar-refractivity contribution in [3.8, 4) is 22.6 Å². The summed E-state index contributed by atoms with van der Waals surface area (Å²) in [6.07, 6.45) is 0. The third-order valence-corrected chi connectivity index (χ3v) is 5.95. The van der Waals surface area contributed by atoms with Crippen molar-refractivity contribution in [1.82, 2.24) is 0 Å². The highest BCUT2D eigenvalue weighted by Gasteiger charge is 2.15. The van der Waals surface area contributed by atoms with E-state index in [1.165, 1.54) is 50.6 Å². The molecule has 4 aromatic carbocycles. The number of phenolic OH excluding ortho intramolecular Hbond substituents is 2. The van der Waals surface area contributed by atoms with E-state index in [1.54, 1.807) is 48.5 Å². The van der Waals surface area contributed by atoms with Gasteiger partial charge >= 0.3 is 11.9 Å². The molecule has 2 amide bonds. The Kier molecular flexibility index (Phi) is 8.10. The zero-order valence-electron chi connectivity index (χ0n) is 21.4. The topological polar surface area (TPSA) is 151 Å². The van der Waals surface area contributed by atoms with Gasteiger partial charge in [-0.25, -0.2) is 9.59 Å². The summed E-state index contributed by atoms with van der Waals surface area (Å²) in [5.74, 6) is -2.82. The highest BCUT2D eigenvalue weighted by atomic mass is 16.5. The maximum atomic E-state index is 12.6. The van der Waals surface area contributed by atoms with Gasteiger partial charge in [0.25, 0.3) is 11.8 Å². The molecule has 0 spiro atoms. The number of hydrogen-bond acceptors (Lipinski definition) is 8. The molecule has 0 atom stereocenters. The number of carbonyl (C=O) groups is 4. The number of nitrogens with one attached hydrogen (secondary N) is 2. The molecule has 4 rings (SSSR count). The Bertz CT molecular complexity index is 1470. The Balaban J connectivity index is 1.40. The summed E-state index contributed by atoms with van der Waals surface area (Å²) in [6, 6.07) is 21.8. The maximum Gasteiger partial charge on any atom is 0.341 e. The second-order valence-corrected chi connectivity index (χ2v) is 8.51. The van der Waals surface area contributed by atoms with E-state index in [0.717, 1.165) is 11.1 Å². The molecule has 10 heteroatoms. The van der Waals surface area contributed by atoms with Crippen LogP contribution in [0.3, 0.4) is 0 Å². The molecule has 0 bridgehead atoms. The summed E-state index contributed by atoms with van der Waals surface area (Å²) >= 11 is 0. The summed E-state index contributed by atoms with van der Waals surface area (Å²) in [7, 11) is 2.41. The quantitative estimate of drug-likeness (QED) is 0.243. The predicted octanol–water partition coefficient (Wildman–Crippen LogP) is 4.84. The first-order valence-electron chi connectivity index (χ1n) is 11.9. The maximum absolute atomic E-state index is 12.6. The van der Waals surface area contributed by atoms with Gasteiger partial charge in [0.15, 0.2) is 0 Å². The fourth-order valence-electron chi connectivity index (χ4n) is 3.82. The van der Waals surface area contributed by atoms with E-state index in [0.29, 0.717) is 22.5 Å². The van der Waals surface area contributed by atoms with Crippen molar-refractivity contribution in [1.29, 1.82) is 0 Å². The molecule has 4 N–H and O–H groups in total. The Hall–Kier alpha value is -5.64. The number of ether oxygens (including phenoxy) is 2. The molecule has 0 heterocycles. The van der Waals surface area contributed by atoms with Crippen molar-refractivity contribution in [3.05, 3.63) is 107 Å². The summed E-state index contributed by atoms with van der Waals surface area (Å²) in [5.41, 5.74) is 2.96. The molecule has 10 nitrogen and oxygen atoms in total. The molecule has 0 fully saturated rings. The molecule has 0 saturated carbocycles. The van der Waals surface area contributed by atoms with Crippen LogP contribution in [0.5, 0.6) is 11.5 Å². The molecule has 0 aliphatic rings. The molecule has 40 heavy (non-hydrogen) atoms. The Labute approximate surface area is 228 Å². The van der Waals surface area contributed by atoms with Gasteiger partial charge in [-0.1, -0.05) is 24.3 Å². The number of amides is 2. The van der Waals surface area contributed by atoms with Gasteiger partial charge in [-0.2, -0.15) is 0 Å². The lowest BCUT2D eigenvalue weighted by Gasteiger charge is -2.10. The van der Waals surface area contributed by atoms with E-state index in [-0.39, 0.29) is 22.6 Å². The van der Waals surface area contributed by atoms with Crippen LogP contribution in [0.4, 0.5) is 11.4 Å². The average Bonchev–Trinajstić information content (AvgIpc) is 2.96. The van der Waals surface area contributed by atoms with Crippen molar-refractivity contribution in [3.63, 3.8) is 0 Å². The lowest BCUT2D eigenvalue weighted by atomic mass is 10.0. The van der Waals surface area contributed by atoms with Crippen LogP contribution in [-0.4, -0.2) is 48.2 Å². The molecule has 202 valence electrons. The number of anilines is 2. The van der Waals surface area contributed by atoms with E-state index in [9.17, 15) is 29.4 Å². The SMILES string of the molecule is COC(=O)c1ccc(NC(=O)c2ccc(-c3ccc(C(=O)Nc4ccc(C(=O)OC)c(O)c4)cc3)cc2)cc1O. The minimum absolute atomic E-state index is 0.0121. The van der Waals surface area contributed by atoms with Crippen LogP contribution in [0.2, 0.25) is 0 Å². The van der Waals surface area contributed by atoms with Crippen molar-refractivity contribution < 1.29 is 38.9 Å². The van der Waals surface area contributed by atoms with Crippen molar-refractivity contribution >= 4 is 35.1 Å². The van der Waals surface area contributed by atoms with Gasteiger partial charge in [0, 0.05) is 34.6 Å². The second-order valence-electron chi connectivity index (χ2n) is 8.51. The van der Waals surface area contributed by atoms with Crippen LogP contribution >= 0.6 is 0 Å². The van der Waals surface area contributed by atoms with Crippen LogP contribution < -0.4 is 10.6 Å². The van der Waals surface area contributed by atoms with E-state index in [1.807, 2.05) is 0 Å². The van der Waals surface area contributed by atoms with Gasteiger partial charge in [-0.05, 0) is 59.7 Å². The first kappa shape index (κ1) is 27.4. The van der Waals surface area contributed by atoms with Crippen molar-refractivity contribution in [2.45, 2.75) is 0 Å². The van der Waals surface area contributed by atoms with Gasteiger partial charge < -0.3 is 30.3 Å². The molecular formula is C30H24N2O8. The summed E-state index contributed by atoms with van der Waals surface area (Å²) in [6.45, 7) is 0. The third-order valence-electron chi connectivity index (χ3n) is 5.95. The number of benzene rings is 4. The van der Waals surface area contributed by atoms with Gasteiger partial charge in [0.2, 0.25) is 0 Å². The summed E-state index contributed by atoms with van der Waals surface area (Å²) in [5, 5.41) is 25.3. The van der Waals surface area contributed by atoms with Crippen LogP contribution in [0, 0.1) is 0 Å². The number of hydrogen-bond donors (Lipinski definition) is 4. The summed E-state index contributed by atoms with van der Waals surface area (Å²) in [4.78, 5) is 48.5. The second kappa shape index (κ2) is 11.8. The number of phenols is 2. The molecule has 0 aromatic heterocycles. The first-order valence-corrected chi connectivity index (χ1v) is 11.9. The lowest BCUT2D eigenvalue weighted by molar-refractivity contribution is 0.0588. The normalized spacial score (nSPS) is 10.3. The molecule has 0 saturated heterocycles. The molecule has 0 unspecified atom stereocenters. The molecule has 4 aromatic rings. The average molecular weight is 541 g/mol. The van der Waals surface area contributed by atoms with Crippen molar-refractivity contribution in [2.24, 2.45) is 0 Å². The van der Waals surface area contributed by atoms with Crippen LogP contribution in [-0.2, 0) is 9.47 Å². The van der Waals surface area contributed by atoms with E-state index < -0.39 is 23.8 Å². The van der Waals surface area contributed by atoms with Crippen LogP contribution in [0.1, 0.15) is 41.4 Å². The largest absolute Gasteiger partial charge is 0.507 e. The minimum Gasteiger partial charge on any atom is -0.507 e. The van der Waals surface area contributed by atoms with E-state index >= 15 is 0 Å².